The average Bonchev–Trinajstić information content (AvgIpc) is 2.92. The first-order chi connectivity index (χ1) is 11.1. The molecule has 1 amide bonds. The van der Waals surface area contributed by atoms with Crippen molar-refractivity contribution < 1.29 is 4.79 Å². The molecule has 4 heteroatoms. The summed E-state index contributed by atoms with van der Waals surface area (Å²) in [5.41, 5.74) is 7.85. The van der Waals surface area contributed by atoms with E-state index in [4.69, 9.17) is 5.73 Å². The summed E-state index contributed by atoms with van der Waals surface area (Å²) in [6, 6.07) is 10.8. The highest BCUT2D eigenvalue weighted by Gasteiger charge is 2.47. The van der Waals surface area contributed by atoms with Crippen LogP contribution in [0.5, 0.6) is 0 Å². The highest BCUT2D eigenvalue weighted by molar-refractivity contribution is 5.76. The van der Waals surface area contributed by atoms with Gasteiger partial charge < -0.3 is 10.6 Å². The minimum absolute atomic E-state index is 0.0769. The largest absolute Gasteiger partial charge is 0.325 e. The minimum Gasteiger partial charge on any atom is -0.325 e. The molecule has 0 aliphatic carbocycles. The lowest BCUT2D eigenvalue weighted by atomic mass is 9.85. The molecule has 23 heavy (non-hydrogen) atoms. The van der Waals surface area contributed by atoms with E-state index in [0.717, 1.165) is 26.1 Å². The molecule has 2 aliphatic heterocycles. The fourth-order valence-corrected chi connectivity index (χ4v) is 4.25. The van der Waals surface area contributed by atoms with E-state index in [0.29, 0.717) is 12.3 Å². The van der Waals surface area contributed by atoms with Gasteiger partial charge in [0, 0.05) is 13.0 Å². The lowest BCUT2D eigenvalue weighted by Crippen LogP contribution is -2.61. The van der Waals surface area contributed by atoms with E-state index in [2.05, 4.69) is 42.2 Å². The molecular weight excluding hydrogens is 286 g/mol. The molecule has 2 atom stereocenters. The van der Waals surface area contributed by atoms with Gasteiger partial charge in [-0.3, -0.25) is 9.69 Å². The van der Waals surface area contributed by atoms with Crippen LogP contribution in [0.2, 0.25) is 0 Å². The Balaban J connectivity index is 1.64. The molecular formula is C19H29N3O. The molecule has 2 unspecified atom stereocenters. The predicted octanol–water partition coefficient (Wildman–Crippen LogP) is 2.55. The second kappa shape index (κ2) is 6.62. The van der Waals surface area contributed by atoms with Crippen molar-refractivity contribution in [3.05, 3.63) is 35.9 Å². The van der Waals surface area contributed by atoms with Crippen LogP contribution in [-0.2, 0) is 4.79 Å². The topological polar surface area (TPSA) is 49.6 Å². The molecule has 1 aromatic rings. The van der Waals surface area contributed by atoms with Crippen LogP contribution in [0, 0.1) is 0 Å². The Labute approximate surface area is 139 Å². The molecule has 126 valence electrons. The number of rotatable bonds is 3. The Morgan fingerprint density at radius 1 is 1.22 bits per heavy atom. The summed E-state index contributed by atoms with van der Waals surface area (Å²) in [6.07, 6.45) is 3.70. The molecule has 2 N–H and O–H groups in total. The van der Waals surface area contributed by atoms with Crippen LogP contribution >= 0.6 is 0 Å². The molecule has 3 rings (SSSR count). The van der Waals surface area contributed by atoms with E-state index in [9.17, 15) is 4.79 Å². The van der Waals surface area contributed by atoms with Gasteiger partial charge in [-0.15, -0.1) is 0 Å². The summed E-state index contributed by atoms with van der Waals surface area (Å²) >= 11 is 0. The molecule has 1 aromatic carbocycles. The number of likely N-dealkylation sites (tertiary alicyclic amines) is 2. The monoisotopic (exact) mass is 315 g/mol. The Bertz CT molecular complexity index is 539. The standard InChI is InChI=1S/C19H29N3O/c1-3-17(23)22-14-11-19(2,18(22)20)21-12-9-16(10-13-21)15-7-5-4-6-8-15/h4-8,16,18H,3,9-14,20H2,1-2H3. The summed E-state index contributed by atoms with van der Waals surface area (Å²) in [5.74, 6) is 0.836. The Morgan fingerprint density at radius 2 is 1.87 bits per heavy atom. The predicted molar refractivity (Wildman–Crippen MR) is 93.0 cm³/mol. The normalized spacial score (nSPS) is 29.9. The molecule has 2 fully saturated rings. The van der Waals surface area contributed by atoms with Gasteiger partial charge in [-0.25, -0.2) is 0 Å². The lowest BCUT2D eigenvalue weighted by molar-refractivity contribution is -0.132. The molecule has 2 aliphatic rings. The smallest absolute Gasteiger partial charge is 0.223 e. The number of amides is 1. The number of carbonyl (C=O) groups is 1. The first-order valence-corrected chi connectivity index (χ1v) is 8.91. The zero-order valence-corrected chi connectivity index (χ0v) is 14.4. The van der Waals surface area contributed by atoms with Crippen molar-refractivity contribution in [2.75, 3.05) is 19.6 Å². The van der Waals surface area contributed by atoms with Gasteiger partial charge in [0.15, 0.2) is 0 Å². The third-order valence-electron chi connectivity index (χ3n) is 5.94. The second-order valence-corrected chi connectivity index (χ2v) is 7.16. The Hall–Kier alpha value is -1.39. The summed E-state index contributed by atoms with van der Waals surface area (Å²) in [6.45, 7) is 7.08. The fraction of sp³-hybridized carbons (Fsp3) is 0.632. The zero-order valence-electron chi connectivity index (χ0n) is 14.4. The maximum Gasteiger partial charge on any atom is 0.223 e. The molecule has 2 heterocycles. The highest BCUT2D eigenvalue weighted by Crippen LogP contribution is 2.37. The van der Waals surface area contributed by atoms with Gasteiger partial charge >= 0.3 is 0 Å². The number of carbonyl (C=O) groups excluding carboxylic acids is 1. The molecule has 0 bridgehead atoms. The summed E-state index contributed by atoms with van der Waals surface area (Å²) in [5, 5.41) is 0. The maximum absolute atomic E-state index is 12.1. The van der Waals surface area contributed by atoms with Gasteiger partial charge in [-0.05, 0) is 50.8 Å². The van der Waals surface area contributed by atoms with E-state index >= 15 is 0 Å². The Kier molecular flexibility index (Phi) is 4.74. The van der Waals surface area contributed by atoms with E-state index in [1.54, 1.807) is 0 Å². The van der Waals surface area contributed by atoms with Gasteiger partial charge in [-0.2, -0.15) is 0 Å². The fourth-order valence-electron chi connectivity index (χ4n) is 4.25. The molecule has 0 aromatic heterocycles. The molecule has 0 saturated carbocycles. The van der Waals surface area contributed by atoms with E-state index in [1.165, 1.54) is 18.4 Å². The van der Waals surface area contributed by atoms with Crippen LogP contribution in [0.4, 0.5) is 0 Å². The average molecular weight is 315 g/mol. The van der Waals surface area contributed by atoms with Gasteiger partial charge in [0.05, 0.1) is 11.7 Å². The maximum atomic E-state index is 12.1. The van der Waals surface area contributed by atoms with Crippen LogP contribution in [0.25, 0.3) is 0 Å². The van der Waals surface area contributed by atoms with E-state index in [-0.39, 0.29) is 17.6 Å². The molecule has 0 spiro atoms. The summed E-state index contributed by atoms with van der Waals surface area (Å²) < 4.78 is 0. The first kappa shape index (κ1) is 16.5. The van der Waals surface area contributed by atoms with Crippen molar-refractivity contribution >= 4 is 5.91 Å². The van der Waals surface area contributed by atoms with Crippen molar-refractivity contribution in [3.63, 3.8) is 0 Å². The van der Waals surface area contributed by atoms with Gasteiger partial charge in [0.25, 0.3) is 0 Å². The number of nitrogens with zero attached hydrogens (tertiary/aromatic N) is 2. The van der Waals surface area contributed by atoms with Crippen molar-refractivity contribution in [2.45, 2.75) is 57.2 Å². The van der Waals surface area contributed by atoms with Crippen LogP contribution in [0.3, 0.4) is 0 Å². The molecule has 0 radical (unpaired) electrons. The van der Waals surface area contributed by atoms with E-state index < -0.39 is 0 Å². The third-order valence-corrected chi connectivity index (χ3v) is 5.94. The number of hydrogen-bond donors (Lipinski definition) is 1. The minimum atomic E-state index is -0.178. The third kappa shape index (κ3) is 3.02. The van der Waals surface area contributed by atoms with Gasteiger partial charge in [0.2, 0.25) is 5.91 Å². The number of hydrogen-bond acceptors (Lipinski definition) is 3. The van der Waals surface area contributed by atoms with Crippen LogP contribution < -0.4 is 5.73 Å². The number of nitrogens with two attached hydrogens (primary N) is 1. The number of benzene rings is 1. The molecule has 4 nitrogen and oxygen atoms in total. The van der Waals surface area contributed by atoms with Crippen LogP contribution in [-0.4, -0.2) is 47.0 Å². The number of piperidine rings is 1. The molecule has 2 saturated heterocycles. The quantitative estimate of drug-likeness (QED) is 0.932. The first-order valence-electron chi connectivity index (χ1n) is 8.91. The Morgan fingerprint density at radius 3 is 2.48 bits per heavy atom. The van der Waals surface area contributed by atoms with Crippen LogP contribution in [0.15, 0.2) is 30.3 Å². The second-order valence-electron chi connectivity index (χ2n) is 7.16. The van der Waals surface area contributed by atoms with Gasteiger partial charge in [-0.1, -0.05) is 37.3 Å². The summed E-state index contributed by atoms with van der Waals surface area (Å²) in [7, 11) is 0. The van der Waals surface area contributed by atoms with Crippen molar-refractivity contribution in [1.82, 2.24) is 9.80 Å². The SMILES string of the molecule is CCC(=O)N1CCC(C)(N2CCC(c3ccccc3)CC2)C1N. The zero-order chi connectivity index (χ0) is 16.4. The van der Waals surface area contributed by atoms with Gasteiger partial charge in [0.1, 0.15) is 0 Å². The van der Waals surface area contributed by atoms with Crippen molar-refractivity contribution in [1.29, 1.82) is 0 Å². The lowest BCUT2D eigenvalue weighted by Gasteiger charge is -2.45. The van der Waals surface area contributed by atoms with Crippen molar-refractivity contribution in [2.24, 2.45) is 5.73 Å². The van der Waals surface area contributed by atoms with Crippen molar-refractivity contribution in [3.8, 4) is 0 Å². The highest BCUT2D eigenvalue weighted by atomic mass is 16.2. The van der Waals surface area contributed by atoms with Crippen LogP contribution in [0.1, 0.15) is 51.0 Å². The van der Waals surface area contributed by atoms with E-state index in [1.807, 2.05) is 11.8 Å². The summed E-state index contributed by atoms with van der Waals surface area (Å²) in [4.78, 5) is 16.5.